The van der Waals surface area contributed by atoms with E-state index in [1.165, 1.54) is 6.07 Å². The third kappa shape index (κ3) is 4.52. The first-order valence-corrected chi connectivity index (χ1v) is 12.0. The third-order valence-corrected chi connectivity index (χ3v) is 8.22. The van der Waals surface area contributed by atoms with Gasteiger partial charge in [-0.1, -0.05) is 47.5 Å². The summed E-state index contributed by atoms with van der Waals surface area (Å²) < 4.78 is 37.2. The topological polar surface area (TPSA) is 38.3 Å². The smallest absolute Gasteiger partial charge is 0.155 e. The molecule has 0 aromatic heterocycles. The molecule has 1 heterocycles. The zero-order valence-corrected chi connectivity index (χ0v) is 20.7. The van der Waals surface area contributed by atoms with Crippen molar-refractivity contribution in [3.63, 3.8) is 0 Å². The Morgan fingerprint density at radius 1 is 1.40 bits per heavy atom. The van der Waals surface area contributed by atoms with E-state index in [-0.39, 0.29) is 11.1 Å². The van der Waals surface area contributed by atoms with Crippen LogP contribution in [0, 0.1) is 5.82 Å². The first kappa shape index (κ1) is 23.5. The summed E-state index contributed by atoms with van der Waals surface area (Å²) >= 11 is 9.59. The molecule has 0 radical (unpaired) electrons. The molecule has 2 unspecified atom stereocenters. The van der Waals surface area contributed by atoms with Gasteiger partial charge in [0.15, 0.2) is 5.60 Å². The highest BCUT2D eigenvalue weighted by Crippen LogP contribution is 2.49. The second-order valence-electron chi connectivity index (χ2n) is 8.71. The van der Waals surface area contributed by atoms with Crippen LogP contribution in [0.15, 0.2) is 53.0 Å². The molecule has 3 atom stereocenters. The van der Waals surface area contributed by atoms with Gasteiger partial charge in [0, 0.05) is 22.5 Å². The summed E-state index contributed by atoms with van der Waals surface area (Å²) in [4.78, 5) is 0. The van der Waals surface area contributed by atoms with E-state index in [4.69, 9.17) is 16.3 Å². The van der Waals surface area contributed by atoms with E-state index in [0.29, 0.717) is 23.1 Å². The fraction of sp³-hybridized carbons (Fsp3) is 0.391. The van der Waals surface area contributed by atoms with E-state index in [0.717, 1.165) is 16.7 Å². The van der Waals surface area contributed by atoms with E-state index >= 15 is 0 Å². The van der Waals surface area contributed by atoms with Crippen LogP contribution < -0.4 is 9.46 Å². The quantitative estimate of drug-likeness (QED) is 0.355. The fourth-order valence-corrected chi connectivity index (χ4v) is 5.17. The van der Waals surface area contributed by atoms with Crippen LogP contribution in [-0.4, -0.2) is 15.0 Å². The highest BCUT2D eigenvalue weighted by Gasteiger charge is 2.49. The maximum absolute atomic E-state index is 14.3. The molecule has 3 rings (SSSR count). The van der Waals surface area contributed by atoms with Gasteiger partial charge in [-0.2, -0.15) is 0 Å². The highest BCUT2D eigenvalue weighted by molar-refractivity contribution is 9.10. The van der Waals surface area contributed by atoms with E-state index in [1.54, 1.807) is 0 Å². The number of fused-ring (bicyclic) bond motifs is 1. The molecular formula is C23H26BrClFNO2S. The van der Waals surface area contributed by atoms with Crippen molar-refractivity contribution < 1.29 is 13.3 Å². The molecule has 0 saturated heterocycles. The van der Waals surface area contributed by atoms with Crippen LogP contribution in [0.4, 0.5) is 4.39 Å². The first-order valence-electron chi connectivity index (χ1n) is 9.69. The van der Waals surface area contributed by atoms with E-state index in [9.17, 15) is 8.60 Å². The van der Waals surface area contributed by atoms with Gasteiger partial charge in [0.25, 0.3) is 0 Å². The molecule has 162 valence electrons. The number of halogens is 3. The average molecular weight is 515 g/mol. The zero-order valence-electron chi connectivity index (χ0n) is 17.5. The Labute approximate surface area is 193 Å². The fourth-order valence-electron chi connectivity index (χ4n) is 3.59. The van der Waals surface area contributed by atoms with Crippen molar-refractivity contribution in [1.82, 2.24) is 4.72 Å². The summed E-state index contributed by atoms with van der Waals surface area (Å²) in [5.41, 5.74) is 1.73. The minimum Gasteiger partial charge on any atom is -0.480 e. The highest BCUT2D eigenvalue weighted by atomic mass is 79.9. The summed E-state index contributed by atoms with van der Waals surface area (Å²) in [6.45, 7) is 11.8. The molecule has 0 aliphatic carbocycles. The molecule has 0 saturated carbocycles. The Bertz CT molecular complexity index is 993. The molecule has 0 spiro atoms. The number of benzene rings is 2. The van der Waals surface area contributed by atoms with Crippen LogP contribution in [-0.2, 0) is 23.0 Å². The third-order valence-electron chi connectivity index (χ3n) is 5.14. The minimum absolute atomic E-state index is 0.0314. The van der Waals surface area contributed by atoms with Gasteiger partial charge in [0.2, 0.25) is 0 Å². The number of rotatable bonds is 6. The Balaban J connectivity index is 2.16. The standard InChI is InChI=1S/C23H26BrClFNO2S/c1-14(2)11-19(27-30(28)22(3,4)5)23(15-9-7-6-8-10-15)13-16-18(29-23)12-17(26)21(25)20(16)24/h6-10,12,19,27H,1,11,13H2,2-5H3/t19?,23-,30?/m0/s1. The maximum atomic E-state index is 14.3. The van der Waals surface area contributed by atoms with Crippen LogP contribution in [0.25, 0.3) is 0 Å². The van der Waals surface area contributed by atoms with Gasteiger partial charge < -0.3 is 4.74 Å². The summed E-state index contributed by atoms with van der Waals surface area (Å²) in [5.74, 6) is -0.114. The summed E-state index contributed by atoms with van der Waals surface area (Å²) in [5, 5.41) is 0.0314. The molecule has 3 nitrogen and oxygen atoms in total. The van der Waals surface area contributed by atoms with Gasteiger partial charge in [-0.15, -0.1) is 6.58 Å². The van der Waals surface area contributed by atoms with Crippen LogP contribution in [0.1, 0.15) is 45.2 Å². The average Bonchev–Trinajstić information content (AvgIpc) is 3.06. The minimum atomic E-state index is -1.34. The van der Waals surface area contributed by atoms with E-state index in [2.05, 4.69) is 27.2 Å². The predicted molar refractivity (Wildman–Crippen MR) is 126 cm³/mol. The van der Waals surface area contributed by atoms with E-state index in [1.807, 2.05) is 58.0 Å². The summed E-state index contributed by atoms with van der Waals surface area (Å²) in [7, 11) is -1.34. The Kier molecular flexibility index (Phi) is 6.83. The van der Waals surface area contributed by atoms with Crippen molar-refractivity contribution in [2.45, 2.75) is 56.9 Å². The van der Waals surface area contributed by atoms with Gasteiger partial charge in [0.1, 0.15) is 11.6 Å². The lowest BCUT2D eigenvalue weighted by atomic mass is 9.80. The molecule has 1 aliphatic heterocycles. The van der Waals surface area contributed by atoms with Gasteiger partial charge in [-0.25, -0.2) is 13.3 Å². The second kappa shape index (κ2) is 8.73. The number of ether oxygens (including phenoxy) is 1. The predicted octanol–water partition coefficient (Wildman–Crippen LogP) is 6.46. The van der Waals surface area contributed by atoms with Gasteiger partial charge in [-0.05, 0) is 55.6 Å². The van der Waals surface area contributed by atoms with Crippen LogP contribution >= 0.6 is 27.5 Å². The lowest BCUT2D eigenvalue weighted by Gasteiger charge is -2.39. The van der Waals surface area contributed by atoms with Crippen LogP contribution in [0.2, 0.25) is 5.02 Å². The van der Waals surface area contributed by atoms with Crippen molar-refractivity contribution in [3.8, 4) is 5.75 Å². The zero-order chi connectivity index (χ0) is 22.3. The van der Waals surface area contributed by atoms with E-state index < -0.39 is 27.2 Å². The van der Waals surface area contributed by atoms with Crippen molar-refractivity contribution in [2.24, 2.45) is 0 Å². The molecule has 1 N–H and O–H groups in total. The SMILES string of the molecule is C=C(C)CC(NS(=O)C(C)(C)C)[C@@]1(c2ccccc2)Cc2c(cc(F)c(Cl)c2Br)O1. The molecule has 2 aromatic rings. The lowest BCUT2D eigenvalue weighted by molar-refractivity contribution is 0.0556. The second-order valence-corrected chi connectivity index (χ2v) is 11.9. The normalized spacial score (nSPS) is 20.4. The van der Waals surface area contributed by atoms with Gasteiger partial charge in [0.05, 0.1) is 26.8 Å². The van der Waals surface area contributed by atoms with Crippen molar-refractivity contribution in [3.05, 3.63) is 75.0 Å². The Hall–Kier alpha value is -1.21. The number of hydrogen-bond acceptors (Lipinski definition) is 2. The molecular weight excluding hydrogens is 489 g/mol. The van der Waals surface area contributed by atoms with Crippen molar-refractivity contribution >= 4 is 38.5 Å². The Morgan fingerprint density at radius 2 is 2.03 bits per heavy atom. The molecule has 0 bridgehead atoms. The summed E-state index contributed by atoms with van der Waals surface area (Å²) in [6.07, 6.45) is 0.984. The Morgan fingerprint density at radius 3 is 2.60 bits per heavy atom. The molecule has 2 aromatic carbocycles. The molecule has 7 heteroatoms. The molecule has 0 amide bonds. The van der Waals surface area contributed by atoms with Crippen LogP contribution in [0.3, 0.4) is 0 Å². The van der Waals surface area contributed by atoms with Gasteiger partial charge >= 0.3 is 0 Å². The first-order chi connectivity index (χ1) is 14.0. The maximum Gasteiger partial charge on any atom is 0.155 e. The molecule has 1 aliphatic rings. The summed E-state index contributed by atoms with van der Waals surface area (Å²) in [6, 6.07) is 10.7. The lowest BCUT2D eigenvalue weighted by Crippen LogP contribution is -2.54. The van der Waals surface area contributed by atoms with Crippen molar-refractivity contribution in [2.75, 3.05) is 0 Å². The van der Waals surface area contributed by atoms with Crippen molar-refractivity contribution in [1.29, 1.82) is 0 Å². The van der Waals surface area contributed by atoms with Crippen LogP contribution in [0.5, 0.6) is 5.75 Å². The molecule has 0 fully saturated rings. The number of nitrogens with one attached hydrogen (secondary N) is 1. The number of hydrogen-bond donors (Lipinski definition) is 1. The van der Waals surface area contributed by atoms with Gasteiger partial charge in [-0.3, -0.25) is 0 Å². The monoisotopic (exact) mass is 513 g/mol. The largest absolute Gasteiger partial charge is 0.480 e. The molecule has 30 heavy (non-hydrogen) atoms.